The van der Waals surface area contributed by atoms with Gasteiger partial charge in [0.2, 0.25) is 5.95 Å². The number of anilines is 3. The topological polar surface area (TPSA) is 114 Å². The van der Waals surface area contributed by atoms with Gasteiger partial charge in [-0.15, -0.1) is 0 Å². The van der Waals surface area contributed by atoms with Crippen molar-refractivity contribution < 1.29 is 5.11 Å². The van der Waals surface area contributed by atoms with E-state index in [1.165, 1.54) is 0 Å². The third kappa shape index (κ3) is 3.12. The number of thiophene rings is 1. The first-order valence-corrected chi connectivity index (χ1v) is 8.45. The normalized spacial score (nSPS) is 10.9. The maximum atomic E-state index is 9.10. The first kappa shape index (κ1) is 15.4. The number of imidazole rings is 1. The molecule has 4 aromatic rings. The molecule has 0 saturated carbocycles. The van der Waals surface area contributed by atoms with E-state index in [9.17, 15) is 0 Å². The van der Waals surface area contributed by atoms with Crippen LogP contribution in [0.3, 0.4) is 0 Å². The van der Waals surface area contributed by atoms with Gasteiger partial charge in [-0.1, -0.05) is 0 Å². The van der Waals surface area contributed by atoms with E-state index in [-0.39, 0.29) is 6.61 Å². The number of hydrogen-bond acceptors (Lipinski definition) is 9. The maximum Gasteiger partial charge on any atom is 0.232 e. The lowest BCUT2D eigenvalue weighted by Crippen LogP contribution is -2.10. The van der Waals surface area contributed by atoms with Crippen LogP contribution < -0.4 is 10.6 Å². The van der Waals surface area contributed by atoms with Gasteiger partial charge >= 0.3 is 0 Å². The van der Waals surface area contributed by atoms with Crippen LogP contribution in [0.4, 0.5) is 17.6 Å². The van der Waals surface area contributed by atoms with E-state index in [2.05, 4.69) is 35.6 Å². The molecule has 4 rings (SSSR count). The van der Waals surface area contributed by atoms with Crippen molar-refractivity contribution in [2.75, 3.05) is 23.8 Å². The number of nitrogens with one attached hydrogen (secondary N) is 2. The molecular weight excluding hydrogens is 340 g/mol. The van der Waals surface area contributed by atoms with E-state index >= 15 is 0 Å². The number of aliphatic hydroxyl groups is 1. The summed E-state index contributed by atoms with van der Waals surface area (Å²) in [5.41, 5.74) is 2.26. The minimum atomic E-state index is -0.0103. The summed E-state index contributed by atoms with van der Waals surface area (Å²) in [7, 11) is 0. The van der Waals surface area contributed by atoms with E-state index in [1.54, 1.807) is 36.3 Å². The molecule has 0 atom stereocenters. The molecular formula is C15H14N8OS. The Morgan fingerprint density at radius 2 is 2.16 bits per heavy atom. The number of aliphatic hydroxyl groups excluding tert-OH is 1. The Bertz CT molecular complexity index is 970. The highest BCUT2D eigenvalue weighted by Crippen LogP contribution is 2.25. The summed E-state index contributed by atoms with van der Waals surface area (Å²) in [6.45, 7) is 0.353. The van der Waals surface area contributed by atoms with Crippen LogP contribution in [0.5, 0.6) is 0 Å². The Labute approximate surface area is 146 Å². The lowest BCUT2D eigenvalue weighted by molar-refractivity contribution is 0.311. The van der Waals surface area contributed by atoms with Gasteiger partial charge in [-0.3, -0.25) is 9.55 Å². The molecule has 10 heteroatoms. The summed E-state index contributed by atoms with van der Waals surface area (Å²) < 4.78 is 1.89. The van der Waals surface area contributed by atoms with Crippen molar-refractivity contribution in [3.63, 3.8) is 0 Å². The highest BCUT2D eigenvalue weighted by molar-refractivity contribution is 7.08. The van der Waals surface area contributed by atoms with E-state index in [0.29, 0.717) is 35.3 Å². The SMILES string of the molecule is OCCNc1nc(Nc2cnccn2)nc2c1ncn2-c1ccsc1. The molecule has 0 aromatic carbocycles. The Kier molecular flexibility index (Phi) is 4.19. The number of nitrogens with zero attached hydrogens (tertiary/aromatic N) is 6. The number of aromatic nitrogens is 6. The Balaban J connectivity index is 1.81. The summed E-state index contributed by atoms with van der Waals surface area (Å²) in [6, 6.07) is 1.99. The van der Waals surface area contributed by atoms with Crippen LogP contribution in [0.1, 0.15) is 0 Å². The third-order valence-electron chi connectivity index (χ3n) is 3.39. The highest BCUT2D eigenvalue weighted by Gasteiger charge is 2.14. The minimum absolute atomic E-state index is 0.0103. The molecule has 0 saturated heterocycles. The van der Waals surface area contributed by atoms with E-state index in [0.717, 1.165) is 5.69 Å². The van der Waals surface area contributed by atoms with E-state index in [1.807, 2.05) is 21.4 Å². The van der Waals surface area contributed by atoms with Gasteiger partial charge in [-0.2, -0.15) is 21.3 Å². The second-order valence-corrected chi connectivity index (χ2v) is 5.81. The predicted molar refractivity (Wildman–Crippen MR) is 95.4 cm³/mol. The molecule has 0 aliphatic heterocycles. The second-order valence-electron chi connectivity index (χ2n) is 5.03. The molecule has 0 aliphatic rings. The number of fused-ring (bicyclic) bond motifs is 1. The predicted octanol–water partition coefficient (Wildman–Crippen LogP) is 1.81. The molecule has 25 heavy (non-hydrogen) atoms. The quantitative estimate of drug-likeness (QED) is 0.480. The zero-order chi connectivity index (χ0) is 17.1. The van der Waals surface area contributed by atoms with Crippen LogP contribution >= 0.6 is 11.3 Å². The van der Waals surface area contributed by atoms with Crippen molar-refractivity contribution in [3.05, 3.63) is 41.7 Å². The maximum absolute atomic E-state index is 9.10. The highest BCUT2D eigenvalue weighted by atomic mass is 32.1. The van der Waals surface area contributed by atoms with Crippen LogP contribution in [0, 0.1) is 0 Å². The molecule has 0 fully saturated rings. The van der Waals surface area contributed by atoms with Gasteiger partial charge in [0.15, 0.2) is 22.8 Å². The zero-order valence-corrected chi connectivity index (χ0v) is 13.8. The summed E-state index contributed by atoms with van der Waals surface area (Å²) in [4.78, 5) is 21.6. The summed E-state index contributed by atoms with van der Waals surface area (Å²) in [5, 5.41) is 19.2. The lowest BCUT2D eigenvalue weighted by Gasteiger charge is -2.09. The minimum Gasteiger partial charge on any atom is -0.395 e. The monoisotopic (exact) mass is 354 g/mol. The molecule has 0 bridgehead atoms. The fourth-order valence-electron chi connectivity index (χ4n) is 2.31. The van der Waals surface area contributed by atoms with Gasteiger partial charge in [0, 0.05) is 24.3 Å². The molecule has 4 aromatic heterocycles. The Morgan fingerprint density at radius 3 is 2.92 bits per heavy atom. The van der Waals surface area contributed by atoms with Crippen molar-refractivity contribution >= 4 is 40.1 Å². The van der Waals surface area contributed by atoms with Crippen molar-refractivity contribution in [2.24, 2.45) is 0 Å². The molecule has 0 unspecified atom stereocenters. The number of rotatable bonds is 6. The second kappa shape index (κ2) is 6.79. The molecule has 0 radical (unpaired) electrons. The first-order chi connectivity index (χ1) is 12.3. The fraction of sp³-hybridized carbons (Fsp3) is 0.133. The smallest absolute Gasteiger partial charge is 0.232 e. The molecule has 0 aliphatic carbocycles. The van der Waals surface area contributed by atoms with Crippen molar-refractivity contribution in [1.29, 1.82) is 0 Å². The fourth-order valence-corrected chi connectivity index (χ4v) is 2.94. The summed E-state index contributed by atoms with van der Waals surface area (Å²) in [6.07, 6.45) is 6.47. The Hall–Kier alpha value is -3.11. The average molecular weight is 354 g/mol. The largest absolute Gasteiger partial charge is 0.395 e. The van der Waals surface area contributed by atoms with E-state index in [4.69, 9.17) is 5.11 Å². The van der Waals surface area contributed by atoms with Gasteiger partial charge in [0.25, 0.3) is 0 Å². The third-order valence-corrected chi connectivity index (χ3v) is 4.06. The standard InChI is InChI=1S/C15H14N8OS/c24-5-4-18-13-12-14(23(9-19-12)10-1-6-25-8-10)22-15(21-13)20-11-7-16-2-3-17-11/h1-3,6-9,24H,4-5H2,(H2,17,18,20,21,22). The average Bonchev–Trinajstić information content (AvgIpc) is 3.29. The first-order valence-electron chi connectivity index (χ1n) is 7.50. The van der Waals surface area contributed by atoms with Gasteiger partial charge < -0.3 is 15.7 Å². The van der Waals surface area contributed by atoms with Crippen molar-refractivity contribution in [2.45, 2.75) is 0 Å². The molecule has 126 valence electrons. The number of hydrogen-bond donors (Lipinski definition) is 3. The van der Waals surface area contributed by atoms with Crippen LogP contribution in [0.2, 0.25) is 0 Å². The van der Waals surface area contributed by atoms with Crippen LogP contribution in [0.25, 0.3) is 16.9 Å². The molecule has 3 N–H and O–H groups in total. The van der Waals surface area contributed by atoms with Crippen molar-refractivity contribution in [1.82, 2.24) is 29.5 Å². The van der Waals surface area contributed by atoms with Gasteiger partial charge in [-0.25, -0.2) is 9.97 Å². The Morgan fingerprint density at radius 1 is 1.20 bits per heavy atom. The van der Waals surface area contributed by atoms with Gasteiger partial charge in [-0.05, 0) is 11.4 Å². The molecule has 0 amide bonds. The molecule has 9 nitrogen and oxygen atoms in total. The lowest BCUT2D eigenvalue weighted by atomic mass is 10.4. The van der Waals surface area contributed by atoms with Crippen LogP contribution in [0.15, 0.2) is 41.7 Å². The van der Waals surface area contributed by atoms with E-state index < -0.39 is 0 Å². The van der Waals surface area contributed by atoms with Crippen LogP contribution in [-0.2, 0) is 0 Å². The molecule has 4 heterocycles. The zero-order valence-electron chi connectivity index (χ0n) is 13.0. The molecule has 0 spiro atoms. The summed E-state index contributed by atoms with van der Waals surface area (Å²) in [5.74, 6) is 1.45. The van der Waals surface area contributed by atoms with Crippen molar-refractivity contribution in [3.8, 4) is 5.69 Å². The van der Waals surface area contributed by atoms with Crippen LogP contribution in [-0.4, -0.2) is 47.7 Å². The van der Waals surface area contributed by atoms with Gasteiger partial charge in [0.1, 0.15) is 6.33 Å². The van der Waals surface area contributed by atoms with Gasteiger partial charge in [0.05, 0.1) is 18.5 Å². The summed E-state index contributed by atoms with van der Waals surface area (Å²) >= 11 is 1.60.